The van der Waals surface area contributed by atoms with Crippen molar-refractivity contribution in [2.24, 2.45) is 0 Å². The first-order valence-corrected chi connectivity index (χ1v) is 11.4. The molecule has 0 saturated carbocycles. The maximum Gasteiger partial charge on any atom is 0.419 e. The van der Waals surface area contributed by atoms with Gasteiger partial charge < -0.3 is 14.6 Å². The van der Waals surface area contributed by atoms with E-state index in [-0.39, 0.29) is 5.91 Å². The smallest absolute Gasteiger partial charge is 0.408 e. The number of amides is 1. The number of nitrogens with one attached hydrogen (secondary N) is 1. The second kappa shape index (κ2) is 8.65. The van der Waals surface area contributed by atoms with Crippen LogP contribution < -0.4 is 11.1 Å². The Morgan fingerprint density at radius 2 is 1.97 bits per heavy atom. The number of oxazole rings is 1. The third kappa shape index (κ3) is 4.18. The fraction of sp³-hybridized carbons (Fsp3) is 0.160. The highest BCUT2D eigenvalue weighted by Crippen LogP contribution is 2.28. The Morgan fingerprint density at radius 3 is 2.76 bits per heavy atom. The summed E-state index contributed by atoms with van der Waals surface area (Å²) in [6.07, 6.45) is 0. The number of fused-ring (bicyclic) bond motifs is 2. The van der Waals surface area contributed by atoms with Gasteiger partial charge in [0, 0.05) is 24.2 Å². The summed E-state index contributed by atoms with van der Waals surface area (Å²) >= 11 is 1.58. The Kier molecular flexibility index (Phi) is 5.53. The van der Waals surface area contributed by atoms with Crippen LogP contribution in [0.25, 0.3) is 32.6 Å². The van der Waals surface area contributed by atoms with Crippen molar-refractivity contribution in [1.29, 1.82) is 0 Å². The lowest BCUT2D eigenvalue weighted by Crippen LogP contribution is -2.23. The number of rotatable bonds is 6. The lowest BCUT2D eigenvalue weighted by atomic mass is 10.1. The van der Waals surface area contributed by atoms with Gasteiger partial charge in [-0.2, -0.15) is 0 Å². The molecule has 0 saturated heterocycles. The number of hydrogen-bond acceptors (Lipinski definition) is 6. The van der Waals surface area contributed by atoms with Gasteiger partial charge in [-0.1, -0.05) is 24.3 Å². The predicted molar refractivity (Wildman–Crippen MR) is 132 cm³/mol. The highest BCUT2D eigenvalue weighted by atomic mass is 32.1. The van der Waals surface area contributed by atoms with Crippen molar-refractivity contribution >= 4 is 44.9 Å². The van der Waals surface area contributed by atoms with Gasteiger partial charge in [0.2, 0.25) is 0 Å². The normalized spacial score (nSPS) is 11.5. The quantitative estimate of drug-likeness (QED) is 0.399. The van der Waals surface area contributed by atoms with E-state index in [1.165, 1.54) is 0 Å². The monoisotopic (exact) mass is 458 g/mol. The van der Waals surface area contributed by atoms with Crippen LogP contribution in [0.4, 0.5) is 5.69 Å². The Balaban J connectivity index is 1.52. The zero-order valence-corrected chi connectivity index (χ0v) is 19.1. The van der Waals surface area contributed by atoms with Crippen LogP contribution in [0.1, 0.15) is 10.4 Å². The van der Waals surface area contributed by atoms with Gasteiger partial charge in [-0.3, -0.25) is 9.36 Å². The van der Waals surface area contributed by atoms with Gasteiger partial charge in [0.25, 0.3) is 5.91 Å². The lowest BCUT2D eigenvalue weighted by Gasteiger charge is -2.11. The van der Waals surface area contributed by atoms with Crippen molar-refractivity contribution in [3.05, 3.63) is 82.2 Å². The Hall–Kier alpha value is -3.75. The average molecular weight is 459 g/mol. The van der Waals surface area contributed by atoms with Crippen LogP contribution in [0.15, 0.2) is 75.3 Å². The van der Waals surface area contributed by atoms with Crippen LogP contribution in [0.3, 0.4) is 0 Å². The van der Waals surface area contributed by atoms with Crippen molar-refractivity contribution in [2.75, 3.05) is 26.0 Å². The number of pyridine rings is 1. The van der Waals surface area contributed by atoms with Crippen LogP contribution in [-0.4, -0.2) is 41.0 Å². The summed E-state index contributed by atoms with van der Waals surface area (Å²) in [5, 5.41) is 5.75. The molecule has 0 aliphatic rings. The second-order valence-corrected chi connectivity index (χ2v) is 8.96. The second-order valence-electron chi connectivity index (χ2n) is 8.01. The number of nitrogens with zero attached hydrogens (tertiary/aromatic N) is 3. The molecule has 1 amide bonds. The molecule has 0 atom stereocenters. The summed E-state index contributed by atoms with van der Waals surface area (Å²) in [7, 11) is 3.89. The molecule has 3 heterocycles. The lowest BCUT2D eigenvalue weighted by molar-refractivity contribution is 0.102. The van der Waals surface area contributed by atoms with E-state index in [0.717, 1.165) is 21.5 Å². The third-order valence-corrected chi connectivity index (χ3v) is 6.32. The molecule has 0 fully saturated rings. The van der Waals surface area contributed by atoms with Gasteiger partial charge in [-0.15, -0.1) is 11.3 Å². The molecule has 0 aliphatic heterocycles. The molecule has 166 valence electrons. The SMILES string of the molecule is CN(C)CCn1c(=O)oc2ccc(NC(=O)c3cc(-c4cccs4)nc4ccccc34)cc21. The summed E-state index contributed by atoms with van der Waals surface area (Å²) in [6.45, 7) is 1.19. The van der Waals surface area contributed by atoms with E-state index in [1.54, 1.807) is 34.1 Å². The molecular formula is C25H22N4O3S. The molecule has 0 aliphatic carbocycles. The fourth-order valence-electron chi connectivity index (χ4n) is 3.76. The molecule has 7 nitrogen and oxygen atoms in total. The van der Waals surface area contributed by atoms with Gasteiger partial charge >= 0.3 is 5.76 Å². The number of anilines is 1. The minimum absolute atomic E-state index is 0.239. The van der Waals surface area contributed by atoms with Crippen molar-refractivity contribution in [3.63, 3.8) is 0 Å². The van der Waals surface area contributed by atoms with Crippen molar-refractivity contribution < 1.29 is 9.21 Å². The molecule has 5 aromatic rings. The van der Waals surface area contributed by atoms with Gasteiger partial charge in [0.1, 0.15) is 0 Å². The zero-order valence-electron chi connectivity index (χ0n) is 18.2. The number of carbonyl (C=O) groups excluding carboxylic acids is 1. The average Bonchev–Trinajstić information content (AvgIpc) is 3.44. The molecule has 3 aromatic heterocycles. The van der Waals surface area contributed by atoms with E-state index in [9.17, 15) is 9.59 Å². The van der Waals surface area contributed by atoms with Crippen molar-refractivity contribution in [3.8, 4) is 10.6 Å². The van der Waals surface area contributed by atoms with E-state index in [1.807, 2.05) is 66.8 Å². The molecule has 5 rings (SSSR count). The van der Waals surface area contributed by atoms with Crippen LogP contribution >= 0.6 is 11.3 Å². The van der Waals surface area contributed by atoms with Crippen molar-refractivity contribution in [1.82, 2.24) is 14.5 Å². The number of benzene rings is 2. The Morgan fingerprint density at radius 1 is 1.12 bits per heavy atom. The van der Waals surface area contributed by atoms with Crippen LogP contribution in [0.2, 0.25) is 0 Å². The first-order valence-electron chi connectivity index (χ1n) is 10.5. The number of thiophene rings is 1. The minimum Gasteiger partial charge on any atom is -0.408 e. The molecular weight excluding hydrogens is 436 g/mol. The van der Waals surface area contributed by atoms with Gasteiger partial charge in [0.15, 0.2) is 5.58 Å². The summed E-state index contributed by atoms with van der Waals surface area (Å²) in [5.74, 6) is -0.646. The number of carbonyl (C=O) groups is 1. The molecule has 0 unspecified atom stereocenters. The van der Waals surface area contributed by atoms with E-state index in [4.69, 9.17) is 9.40 Å². The maximum absolute atomic E-state index is 13.4. The molecule has 2 aromatic carbocycles. The first kappa shape index (κ1) is 21.1. The third-order valence-electron chi connectivity index (χ3n) is 5.43. The highest BCUT2D eigenvalue weighted by molar-refractivity contribution is 7.13. The van der Waals surface area contributed by atoms with Crippen molar-refractivity contribution in [2.45, 2.75) is 6.54 Å². The van der Waals surface area contributed by atoms with Gasteiger partial charge in [-0.25, -0.2) is 9.78 Å². The number of aromatic nitrogens is 2. The Bertz CT molecular complexity index is 1520. The fourth-order valence-corrected chi connectivity index (χ4v) is 4.45. The summed E-state index contributed by atoms with van der Waals surface area (Å²) in [4.78, 5) is 33.4. The van der Waals surface area contributed by atoms with Crippen LogP contribution in [-0.2, 0) is 6.54 Å². The van der Waals surface area contributed by atoms with Crippen LogP contribution in [0, 0.1) is 0 Å². The summed E-state index contributed by atoms with van der Waals surface area (Å²) in [5.41, 5.74) is 3.80. The number of para-hydroxylation sites is 1. The van der Waals surface area contributed by atoms with Gasteiger partial charge in [-0.05, 0) is 55.9 Å². The predicted octanol–water partition coefficient (Wildman–Crippen LogP) is 4.69. The molecule has 1 N–H and O–H groups in total. The number of hydrogen-bond donors (Lipinski definition) is 1. The van der Waals surface area contributed by atoms with Crippen LogP contribution in [0.5, 0.6) is 0 Å². The topological polar surface area (TPSA) is 80.4 Å². The first-order chi connectivity index (χ1) is 16.0. The Labute approximate surface area is 193 Å². The highest BCUT2D eigenvalue weighted by Gasteiger charge is 2.16. The standard InChI is InChI=1S/C25H22N4O3S/c1-28(2)11-12-29-21-14-16(9-10-22(21)32-25(29)31)26-24(30)18-15-20(23-8-5-13-33-23)27-19-7-4-3-6-17(18)19/h3-10,13-15H,11-12H2,1-2H3,(H,26,30). The zero-order chi connectivity index (χ0) is 22.9. The molecule has 0 bridgehead atoms. The van der Waals surface area contributed by atoms with E-state index in [0.29, 0.717) is 35.4 Å². The molecule has 8 heteroatoms. The largest absolute Gasteiger partial charge is 0.419 e. The maximum atomic E-state index is 13.4. The molecule has 33 heavy (non-hydrogen) atoms. The van der Waals surface area contributed by atoms with E-state index in [2.05, 4.69) is 5.32 Å². The summed E-state index contributed by atoms with van der Waals surface area (Å²) < 4.78 is 6.94. The van der Waals surface area contributed by atoms with Gasteiger partial charge in [0.05, 0.1) is 27.2 Å². The number of likely N-dealkylation sites (N-methyl/N-ethyl adjacent to an activating group) is 1. The minimum atomic E-state index is -0.406. The summed E-state index contributed by atoms with van der Waals surface area (Å²) in [6, 6.07) is 18.6. The van der Waals surface area contributed by atoms with E-state index < -0.39 is 5.76 Å². The van der Waals surface area contributed by atoms with E-state index >= 15 is 0 Å². The molecule has 0 radical (unpaired) electrons. The molecule has 0 spiro atoms.